The summed E-state index contributed by atoms with van der Waals surface area (Å²) in [6.07, 6.45) is 4.01. The van der Waals surface area contributed by atoms with Crippen molar-refractivity contribution in [3.05, 3.63) is 59.4 Å². The van der Waals surface area contributed by atoms with E-state index >= 15 is 0 Å². The Labute approximate surface area is 165 Å². The van der Waals surface area contributed by atoms with E-state index in [1.165, 1.54) is 10.6 Å². The first-order chi connectivity index (χ1) is 13.3. The monoisotopic (exact) mass is 403 g/mol. The summed E-state index contributed by atoms with van der Waals surface area (Å²) in [5.41, 5.74) is 2.34. The van der Waals surface area contributed by atoms with Crippen LogP contribution in [0.15, 0.2) is 42.6 Å². The Bertz CT molecular complexity index is 938. The van der Waals surface area contributed by atoms with E-state index in [1.807, 2.05) is 25.1 Å². The first kappa shape index (κ1) is 20.3. The van der Waals surface area contributed by atoms with Crippen molar-refractivity contribution in [1.29, 1.82) is 0 Å². The minimum absolute atomic E-state index is 0.120. The number of sulfonamides is 1. The molecule has 0 atom stereocenters. The van der Waals surface area contributed by atoms with E-state index in [2.05, 4.69) is 10.3 Å². The predicted molar refractivity (Wildman–Crippen MR) is 107 cm³/mol. The lowest BCUT2D eigenvalue weighted by Gasteiger charge is -2.30. The number of nitrogens with one attached hydrogen (secondary N) is 1. The largest absolute Gasteiger partial charge is 0.489 e. The van der Waals surface area contributed by atoms with E-state index < -0.39 is 10.0 Å². The summed E-state index contributed by atoms with van der Waals surface area (Å²) in [7, 11) is -3.17. The average Bonchev–Trinajstić information content (AvgIpc) is 2.66. The second kappa shape index (κ2) is 8.70. The second-order valence-electron chi connectivity index (χ2n) is 6.98. The molecular formula is C20H25N3O4S. The van der Waals surface area contributed by atoms with Gasteiger partial charge >= 0.3 is 0 Å². The lowest BCUT2D eigenvalue weighted by Crippen LogP contribution is -2.41. The molecule has 3 rings (SSSR count). The number of para-hydroxylation sites is 1. The number of piperidine rings is 1. The molecule has 0 saturated carbocycles. The van der Waals surface area contributed by atoms with E-state index in [0.29, 0.717) is 43.8 Å². The number of nitrogens with zero attached hydrogens (tertiary/aromatic N) is 2. The normalized spacial score (nSPS) is 15.9. The predicted octanol–water partition coefficient (Wildman–Crippen LogP) is 2.12. The molecule has 0 bridgehead atoms. The standard InChI is InChI=1S/C20H25N3O4S/c1-15-7-10-21-16(13-15)14-22-20(24)18-5-3-4-6-19(18)27-17-8-11-23(12-9-17)28(2,25)26/h3-7,10,13,17H,8-9,11-12,14H2,1-2H3,(H,22,24). The number of hydrogen-bond acceptors (Lipinski definition) is 5. The molecule has 1 saturated heterocycles. The third-order valence-corrected chi connectivity index (χ3v) is 6.00. The number of amides is 1. The van der Waals surface area contributed by atoms with Crippen molar-refractivity contribution >= 4 is 15.9 Å². The second-order valence-corrected chi connectivity index (χ2v) is 8.97. The molecular weight excluding hydrogens is 378 g/mol. The summed E-state index contributed by atoms with van der Waals surface area (Å²) in [4.78, 5) is 16.9. The van der Waals surface area contributed by atoms with Gasteiger partial charge in [-0.1, -0.05) is 12.1 Å². The molecule has 0 radical (unpaired) electrons. The minimum atomic E-state index is -3.17. The van der Waals surface area contributed by atoms with Gasteiger partial charge in [-0.3, -0.25) is 9.78 Å². The number of pyridine rings is 1. The number of carbonyl (C=O) groups is 1. The van der Waals surface area contributed by atoms with Gasteiger partial charge in [0.15, 0.2) is 0 Å². The molecule has 28 heavy (non-hydrogen) atoms. The molecule has 0 spiro atoms. The third kappa shape index (κ3) is 5.30. The summed E-state index contributed by atoms with van der Waals surface area (Å²) in [6, 6.07) is 10.9. The molecule has 150 valence electrons. The van der Waals surface area contributed by atoms with Gasteiger partial charge in [-0.05, 0) is 49.6 Å². The fraction of sp³-hybridized carbons (Fsp3) is 0.400. The summed E-state index contributed by atoms with van der Waals surface area (Å²) >= 11 is 0. The molecule has 2 aromatic rings. The Kier molecular flexibility index (Phi) is 6.31. The molecule has 1 aliphatic heterocycles. The van der Waals surface area contributed by atoms with Crippen molar-refractivity contribution in [2.24, 2.45) is 0 Å². The van der Waals surface area contributed by atoms with Crippen molar-refractivity contribution in [3.8, 4) is 5.75 Å². The fourth-order valence-corrected chi connectivity index (χ4v) is 4.05. The zero-order valence-corrected chi connectivity index (χ0v) is 16.9. The summed E-state index contributed by atoms with van der Waals surface area (Å²) in [5, 5.41) is 2.88. The van der Waals surface area contributed by atoms with Gasteiger partial charge in [0.2, 0.25) is 10.0 Å². The van der Waals surface area contributed by atoms with Crippen LogP contribution in [0.2, 0.25) is 0 Å². The highest BCUT2D eigenvalue weighted by molar-refractivity contribution is 7.88. The Balaban J connectivity index is 1.62. The molecule has 1 amide bonds. The zero-order valence-electron chi connectivity index (χ0n) is 16.1. The quantitative estimate of drug-likeness (QED) is 0.798. The van der Waals surface area contributed by atoms with Gasteiger partial charge in [0, 0.05) is 19.3 Å². The van der Waals surface area contributed by atoms with E-state index in [4.69, 9.17) is 4.74 Å². The number of carbonyl (C=O) groups excluding carboxylic acids is 1. The molecule has 1 aromatic carbocycles. The number of aromatic nitrogens is 1. The highest BCUT2D eigenvalue weighted by atomic mass is 32.2. The van der Waals surface area contributed by atoms with Crippen molar-refractivity contribution in [3.63, 3.8) is 0 Å². The molecule has 7 nitrogen and oxygen atoms in total. The average molecular weight is 404 g/mol. The van der Waals surface area contributed by atoms with Gasteiger partial charge in [-0.15, -0.1) is 0 Å². The Morgan fingerprint density at radius 2 is 1.96 bits per heavy atom. The number of ether oxygens (including phenoxy) is 1. The van der Waals surface area contributed by atoms with Gasteiger partial charge in [0.1, 0.15) is 11.9 Å². The summed E-state index contributed by atoms with van der Waals surface area (Å²) < 4.78 is 30.8. The smallest absolute Gasteiger partial charge is 0.255 e. The maximum atomic E-state index is 12.6. The maximum absolute atomic E-state index is 12.6. The Morgan fingerprint density at radius 1 is 1.25 bits per heavy atom. The van der Waals surface area contributed by atoms with Crippen molar-refractivity contribution in [1.82, 2.24) is 14.6 Å². The van der Waals surface area contributed by atoms with Crippen LogP contribution in [0.4, 0.5) is 0 Å². The lowest BCUT2D eigenvalue weighted by atomic mass is 10.1. The van der Waals surface area contributed by atoms with Crippen LogP contribution in [-0.4, -0.2) is 49.1 Å². The fourth-order valence-electron chi connectivity index (χ4n) is 3.18. The van der Waals surface area contributed by atoms with E-state index in [1.54, 1.807) is 24.4 Å². The van der Waals surface area contributed by atoms with E-state index in [-0.39, 0.29) is 12.0 Å². The van der Waals surface area contributed by atoms with Crippen LogP contribution in [-0.2, 0) is 16.6 Å². The highest BCUT2D eigenvalue weighted by Crippen LogP contribution is 2.24. The number of benzene rings is 1. The maximum Gasteiger partial charge on any atom is 0.255 e. The molecule has 2 heterocycles. The van der Waals surface area contributed by atoms with Crippen LogP contribution >= 0.6 is 0 Å². The molecule has 1 aromatic heterocycles. The van der Waals surface area contributed by atoms with Crippen molar-refractivity contribution < 1.29 is 17.9 Å². The van der Waals surface area contributed by atoms with Crippen LogP contribution in [0.25, 0.3) is 0 Å². The molecule has 1 N–H and O–H groups in total. The van der Waals surface area contributed by atoms with Crippen LogP contribution in [0.1, 0.15) is 34.5 Å². The highest BCUT2D eigenvalue weighted by Gasteiger charge is 2.26. The van der Waals surface area contributed by atoms with Crippen LogP contribution in [0, 0.1) is 6.92 Å². The zero-order chi connectivity index (χ0) is 20.1. The lowest BCUT2D eigenvalue weighted by molar-refractivity contribution is 0.0935. The van der Waals surface area contributed by atoms with E-state index in [0.717, 1.165) is 11.3 Å². The van der Waals surface area contributed by atoms with Gasteiger partial charge in [0.05, 0.1) is 24.1 Å². The minimum Gasteiger partial charge on any atom is -0.489 e. The molecule has 1 aliphatic rings. The molecule has 8 heteroatoms. The number of aryl methyl sites for hydroxylation is 1. The van der Waals surface area contributed by atoms with Crippen LogP contribution < -0.4 is 10.1 Å². The van der Waals surface area contributed by atoms with Gasteiger partial charge in [0.25, 0.3) is 5.91 Å². The first-order valence-corrected chi connectivity index (χ1v) is 11.1. The Morgan fingerprint density at radius 3 is 2.64 bits per heavy atom. The summed E-state index contributed by atoms with van der Waals surface area (Å²) in [5.74, 6) is 0.280. The topological polar surface area (TPSA) is 88.6 Å². The first-order valence-electron chi connectivity index (χ1n) is 9.23. The number of hydrogen-bond donors (Lipinski definition) is 1. The van der Waals surface area contributed by atoms with Gasteiger partial charge in [-0.25, -0.2) is 12.7 Å². The third-order valence-electron chi connectivity index (χ3n) is 4.70. The van der Waals surface area contributed by atoms with Crippen molar-refractivity contribution in [2.75, 3.05) is 19.3 Å². The Hall–Kier alpha value is -2.45. The van der Waals surface area contributed by atoms with Gasteiger partial charge < -0.3 is 10.1 Å². The molecule has 0 unspecified atom stereocenters. The summed E-state index contributed by atoms with van der Waals surface area (Å²) in [6.45, 7) is 3.17. The van der Waals surface area contributed by atoms with Crippen molar-refractivity contribution in [2.45, 2.75) is 32.4 Å². The van der Waals surface area contributed by atoms with Gasteiger partial charge in [-0.2, -0.15) is 0 Å². The molecule has 0 aliphatic carbocycles. The van der Waals surface area contributed by atoms with Crippen LogP contribution in [0.5, 0.6) is 5.75 Å². The van der Waals surface area contributed by atoms with E-state index in [9.17, 15) is 13.2 Å². The number of rotatable bonds is 6. The SMILES string of the molecule is Cc1ccnc(CNC(=O)c2ccccc2OC2CCN(S(C)(=O)=O)CC2)c1. The molecule has 1 fully saturated rings. The van der Waals surface area contributed by atoms with Crippen LogP contribution in [0.3, 0.4) is 0 Å².